The van der Waals surface area contributed by atoms with E-state index in [0.717, 1.165) is 4.48 Å². The Balaban J connectivity index is 0. The van der Waals surface area contributed by atoms with Gasteiger partial charge in [0.05, 0.1) is 27.7 Å². The number of unbranched alkanes of at least 4 members (excludes halogenated alkanes) is 15. The molecule has 0 bridgehead atoms. The van der Waals surface area contributed by atoms with Gasteiger partial charge in [0, 0.05) is 0 Å². The number of nitrogens with zero attached hydrogens (tertiary/aromatic N) is 1. The number of phosphoric acid groups is 1. The van der Waals surface area contributed by atoms with Crippen LogP contribution in [0.15, 0.2) is 0 Å². The molecule has 0 aromatic heterocycles. The lowest BCUT2D eigenvalue weighted by molar-refractivity contribution is -0.870. The molecular weight excluding hydrogens is 361 g/mol. The zero-order valence-corrected chi connectivity index (χ0v) is 19.5. The maximum absolute atomic E-state index is 8.77. The molecule has 0 aliphatic heterocycles. The summed E-state index contributed by atoms with van der Waals surface area (Å²) >= 11 is 0. The molecule has 166 valence electrons. The highest BCUT2D eigenvalue weighted by Gasteiger charge is 2.04. The Morgan fingerprint density at radius 2 is 0.852 bits per heavy atom. The Labute approximate surface area is 169 Å². The fourth-order valence-electron chi connectivity index (χ4n) is 3.13. The van der Waals surface area contributed by atoms with E-state index in [0.29, 0.717) is 0 Å². The van der Waals surface area contributed by atoms with Gasteiger partial charge in [-0.25, -0.2) is 0 Å². The lowest BCUT2D eigenvalue weighted by Crippen LogP contribution is -2.35. The molecule has 0 radical (unpaired) electrons. The van der Waals surface area contributed by atoms with Crippen LogP contribution in [-0.4, -0.2) is 42.0 Å². The van der Waals surface area contributed by atoms with E-state index in [1.54, 1.807) is 0 Å². The van der Waals surface area contributed by atoms with Gasteiger partial charge in [-0.3, -0.25) is 4.57 Å². The number of rotatable bonds is 17. The van der Waals surface area contributed by atoms with E-state index in [4.69, 9.17) is 19.2 Å². The summed E-state index contributed by atoms with van der Waals surface area (Å²) in [5, 5.41) is 0. The van der Waals surface area contributed by atoms with Crippen molar-refractivity contribution in [3.05, 3.63) is 0 Å². The van der Waals surface area contributed by atoms with Crippen LogP contribution >= 0.6 is 7.82 Å². The van der Waals surface area contributed by atoms with Gasteiger partial charge in [0.2, 0.25) is 0 Å². The molecule has 0 atom stereocenters. The average Bonchev–Trinajstić information content (AvgIpc) is 2.52. The highest BCUT2D eigenvalue weighted by molar-refractivity contribution is 7.43. The predicted molar refractivity (Wildman–Crippen MR) is 114 cm³/mol. The molecular formula is C21H48NO4P. The first-order valence-electron chi connectivity index (χ1n) is 11.1. The normalized spacial score (nSPS) is 12.0. The molecule has 0 aromatic carbocycles. The lowest BCUT2D eigenvalue weighted by Gasteiger charge is -2.23. The predicted octanol–water partition coefficient (Wildman–Crippen LogP) is 5.39. The fraction of sp³-hybridized carbons (Fsp3) is 1.00. The van der Waals surface area contributed by atoms with Gasteiger partial charge in [0.25, 0.3) is 7.82 Å². The molecule has 0 saturated heterocycles. The minimum absolute atomic E-state index is 1.12. The van der Waals surface area contributed by atoms with E-state index < -0.39 is 7.82 Å². The molecule has 6 heteroatoms. The minimum atomic E-state index is -4.89. The van der Waals surface area contributed by atoms with Gasteiger partial charge in [-0.1, -0.05) is 96.8 Å². The Bertz CT molecular complexity index is 331. The van der Waals surface area contributed by atoms with Crippen LogP contribution in [0.5, 0.6) is 0 Å². The van der Waals surface area contributed by atoms with Gasteiger partial charge >= 0.3 is 0 Å². The molecule has 0 aliphatic carbocycles. The van der Waals surface area contributed by atoms with Crippen LogP contribution in [0.4, 0.5) is 0 Å². The van der Waals surface area contributed by atoms with Crippen molar-refractivity contribution in [2.75, 3.05) is 27.7 Å². The van der Waals surface area contributed by atoms with Crippen LogP contribution in [0.3, 0.4) is 0 Å². The molecule has 0 aromatic rings. The third-order valence-electron chi connectivity index (χ3n) is 4.68. The van der Waals surface area contributed by atoms with Crippen LogP contribution in [0.2, 0.25) is 0 Å². The number of hydrogen-bond acceptors (Lipinski definition) is 2. The third kappa shape index (κ3) is 41.5. The third-order valence-corrected chi connectivity index (χ3v) is 4.68. The van der Waals surface area contributed by atoms with E-state index in [1.165, 1.54) is 109 Å². The fourth-order valence-corrected chi connectivity index (χ4v) is 3.13. The van der Waals surface area contributed by atoms with Gasteiger partial charge in [0.1, 0.15) is 0 Å². The first-order chi connectivity index (χ1) is 12.6. The zero-order chi connectivity index (χ0) is 21.0. The maximum atomic E-state index is 8.77. The second kappa shape index (κ2) is 19.4. The molecule has 0 unspecified atom stereocenters. The van der Waals surface area contributed by atoms with E-state index in [1.807, 2.05) is 0 Å². The largest absolute Gasteiger partial charge is 0.756 e. The van der Waals surface area contributed by atoms with Crippen LogP contribution < -0.4 is 4.89 Å². The molecule has 0 heterocycles. The minimum Gasteiger partial charge on any atom is -0.756 e. The van der Waals surface area contributed by atoms with Crippen molar-refractivity contribution in [2.45, 2.75) is 110 Å². The maximum Gasteiger partial charge on any atom is 0.262 e. The summed E-state index contributed by atoms with van der Waals surface area (Å²) in [5.74, 6) is 0. The summed E-state index contributed by atoms with van der Waals surface area (Å²) in [6, 6.07) is 0. The van der Waals surface area contributed by atoms with Gasteiger partial charge in [-0.15, -0.1) is 0 Å². The monoisotopic (exact) mass is 409 g/mol. The van der Waals surface area contributed by atoms with Gasteiger partial charge in [-0.2, -0.15) is 0 Å². The zero-order valence-electron chi connectivity index (χ0n) is 18.6. The smallest absolute Gasteiger partial charge is 0.262 e. The topological polar surface area (TPSA) is 80.6 Å². The molecule has 0 aliphatic rings. The molecule has 0 fully saturated rings. The van der Waals surface area contributed by atoms with E-state index in [2.05, 4.69) is 28.1 Å². The summed E-state index contributed by atoms with van der Waals surface area (Å²) in [4.78, 5) is 22.9. The number of hydrogen-bond donors (Lipinski definition) is 2. The molecule has 0 spiro atoms. The summed E-state index contributed by atoms with van der Waals surface area (Å²) in [6.07, 6.45) is 23.4. The van der Waals surface area contributed by atoms with Crippen molar-refractivity contribution in [3.63, 3.8) is 0 Å². The van der Waals surface area contributed by atoms with Crippen LogP contribution in [0, 0.1) is 0 Å². The first kappa shape index (κ1) is 29.3. The van der Waals surface area contributed by atoms with Crippen molar-refractivity contribution in [1.29, 1.82) is 0 Å². The first-order valence-corrected chi connectivity index (χ1v) is 12.7. The Kier molecular flexibility index (Phi) is 21.0. The quantitative estimate of drug-likeness (QED) is 0.192. The summed E-state index contributed by atoms with van der Waals surface area (Å²) in [7, 11) is 2.00. The standard InChI is InChI=1S/C21H46N.H3O4P/c1-5-6-7-8-9-10-11-12-13-14-15-16-17-18-19-20-21-22(2,3)4;1-5(2,3)4/h5-21H2,1-4H3;(H3,1,2,3,4)/q+1;/p-1. The second-order valence-corrected chi connectivity index (χ2v) is 9.79. The SMILES string of the molecule is CCCCCCCCCCCCCCCCCC[N+](C)(C)C.O=P([O-])(O)O. The summed E-state index contributed by atoms with van der Waals surface area (Å²) in [5.41, 5.74) is 0. The highest BCUT2D eigenvalue weighted by Crippen LogP contribution is 2.19. The van der Waals surface area contributed by atoms with E-state index in [9.17, 15) is 0 Å². The van der Waals surface area contributed by atoms with Crippen molar-refractivity contribution >= 4 is 7.82 Å². The molecule has 0 saturated carbocycles. The lowest BCUT2D eigenvalue weighted by atomic mass is 10.0. The van der Waals surface area contributed by atoms with Gasteiger partial charge in [-0.05, 0) is 12.8 Å². The highest BCUT2D eigenvalue weighted by atomic mass is 31.2. The Morgan fingerprint density at radius 1 is 0.630 bits per heavy atom. The molecule has 2 N–H and O–H groups in total. The van der Waals surface area contributed by atoms with Crippen LogP contribution in [0.25, 0.3) is 0 Å². The Hall–Kier alpha value is 0.0700. The summed E-state index contributed by atoms with van der Waals surface area (Å²) in [6.45, 7) is 3.63. The van der Waals surface area contributed by atoms with Crippen molar-refractivity contribution in [1.82, 2.24) is 0 Å². The van der Waals surface area contributed by atoms with Crippen molar-refractivity contribution < 1.29 is 23.7 Å². The van der Waals surface area contributed by atoms with Crippen molar-refractivity contribution in [3.8, 4) is 0 Å². The summed E-state index contributed by atoms with van der Waals surface area (Å²) < 4.78 is 9.89. The second-order valence-electron chi connectivity index (χ2n) is 8.81. The van der Waals surface area contributed by atoms with Crippen LogP contribution in [-0.2, 0) is 4.57 Å². The van der Waals surface area contributed by atoms with Crippen molar-refractivity contribution in [2.24, 2.45) is 0 Å². The molecule has 5 nitrogen and oxygen atoms in total. The molecule has 0 rings (SSSR count). The number of quaternary nitrogens is 1. The van der Waals surface area contributed by atoms with Gasteiger partial charge < -0.3 is 19.2 Å². The van der Waals surface area contributed by atoms with E-state index >= 15 is 0 Å². The molecule has 0 amide bonds. The van der Waals surface area contributed by atoms with Gasteiger partial charge in [0.15, 0.2) is 0 Å². The Morgan fingerprint density at radius 3 is 1.07 bits per heavy atom. The van der Waals surface area contributed by atoms with Crippen LogP contribution in [0.1, 0.15) is 110 Å². The average molecular weight is 410 g/mol. The molecule has 27 heavy (non-hydrogen) atoms. The van der Waals surface area contributed by atoms with E-state index in [-0.39, 0.29) is 0 Å².